The first-order valence-electron chi connectivity index (χ1n) is 6.45. The lowest BCUT2D eigenvalue weighted by molar-refractivity contribution is -0.183. The molecule has 0 aromatic heterocycles. The van der Waals surface area contributed by atoms with Crippen LogP contribution in [-0.4, -0.2) is 24.8 Å². The first-order chi connectivity index (χ1) is 10.7. The quantitative estimate of drug-likeness (QED) is 0.825. The van der Waals surface area contributed by atoms with Gasteiger partial charge >= 0.3 is 18.2 Å². The largest absolute Gasteiger partial charge is 0.453 e. The van der Waals surface area contributed by atoms with Crippen molar-refractivity contribution in [2.24, 2.45) is 0 Å². The maximum Gasteiger partial charge on any atom is 0.422 e. The van der Waals surface area contributed by atoms with Gasteiger partial charge in [-0.15, -0.1) is 0 Å². The van der Waals surface area contributed by atoms with E-state index >= 15 is 0 Å². The molecule has 0 fully saturated rings. The fraction of sp³-hybridized carbons (Fsp3) is 0.286. The number of esters is 1. The average Bonchev–Trinajstić information content (AvgIpc) is 2.43. The molecule has 1 aromatic rings. The molecule has 0 radical (unpaired) electrons. The standard InChI is InChI=1S/C14H12ClF3N2O3/c1-7-10(12(21)23-6-14(16,17)18)11(20-13(22)19-7)8-4-2-3-5-9(8)15/h2-5,11H,6H2,1H3,(H2,19,20,22)/t11-/m1/s1. The van der Waals surface area contributed by atoms with Gasteiger partial charge in [-0.2, -0.15) is 13.2 Å². The molecule has 5 nitrogen and oxygen atoms in total. The molecular weight excluding hydrogens is 337 g/mol. The van der Waals surface area contributed by atoms with Crippen molar-refractivity contribution in [3.8, 4) is 0 Å². The Morgan fingerprint density at radius 2 is 2.00 bits per heavy atom. The van der Waals surface area contributed by atoms with Crippen molar-refractivity contribution >= 4 is 23.6 Å². The van der Waals surface area contributed by atoms with Crippen molar-refractivity contribution in [2.75, 3.05) is 6.61 Å². The number of carbonyl (C=O) groups is 2. The van der Waals surface area contributed by atoms with E-state index in [-0.39, 0.29) is 16.3 Å². The molecule has 1 atom stereocenters. The number of nitrogens with one attached hydrogen (secondary N) is 2. The summed E-state index contributed by atoms with van der Waals surface area (Å²) in [6.45, 7) is -0.321. The maximum absolute atomic E-state index is 12.2. The zero-order chi connectivity index (χ0) is 17.2. The highest BCUT2D eigenvalue weighted by Crippen LogP contribution is 2.32. The van der Waals surface area contributed by atoms with Crippen LogP contribution in [0, 0.1) is 0 Å². The molecule has 2 N–H and O–H groups in total. The number of urea groups is 1. The highest BCUT2D eigenvalue weighted by molar-refractivity contribution is 6.31. The summed E-state index contributed by atoms with van der Waals surface area (Å²) >= 11 is 6.05. The van der Waals surface area contributed by atoms with Gasteiger partial charge in [-0.3, -0.25) is 0 Å². The van der Waals surface area contributed by atoms with E-state index < -0.39 is 30.8 Å². The van der Waals surface area contributed by atoms with Crippen molar-refractivity contribution < 1.29 is 27.5 Å². The summed E-state index contributed by atoms with van der Waals surface area (Å²) in [5.41, 5.74) is 0.343. The van der Waals surface area contributed by atoms with Crippen molar-refractivity contribution in [3.63, 3.8) is 0 Å². The van der Waals surface area contributed by atoms with Gasteiger partial charge in [0.2, 0.25) is 0 Å². The minimum Gasteiger partial charge on any atom is -0.453 e. The third kappa shape index (κ3) is 4.16. The van der Waals surface area contributed by atoms with Crippen LogP contribution in [0.15, 0.2) is 35.5 Å². The molecule has 0 unspecified atom stereocenters. The lowest BCUT2D eigenvalue weighted by Gasteiger charge is -2.28. The second-order valence-electron chi connectivity index (χ2n) is 4.78. The van der Waals surface area contributed by atoms with Gasteiger partial charge in [0.1, 0.15) is 0 Å². The highest BCUT2D eigenvalue weighted by Gasteiger charge is 2.36. The normalized spacial score (nSPS) is 18.3. The number of rotatable bonds is 3. The van der Waals surface area contributed by atoms with Gasteiger partial charge in [-0.1, -0.05) is 29.8 Å². The zero-order valence-corrected chi connectivity index (χ0v) is 12.6. The van der Waals surface area contributed by atoms with Crippen molar-refractivity contribution in [3.05, 3.63) is 46.1 Å². The summed E-state index contributed by atoms with van der Waals surface area (Å²) in [4.78, 5) is 23.7. The van der Waals surface area contributed by atoms with E-state index in [9.17, 15) is 22.8 Å². The van der Waals surface area contributed by atoms with Crippen LogP contribution in [0.2, 0.25) is 5.02 Å². The summed E-state index contributed by atoms with van der Waals surface area (Å²) in [7, 11) is 0. The van der Waals surface area contributed by atoms with Crippen LogP contribution in [0.25, 0.3) is 0 Å². The number of carbonyl (C=O) groups excluding carboxylic acids is 2. The first-order valence-corrected chi connectivity index (χ1v) is 6.83. The number of ether oxygens (including phenoxy) is 1. The van der Waals surface area contributed by atoms with Crippen molar-refractivity contribution in [1.29, 1.82) is 0 Å². The first kappa shape index (κ1) is 17.1. The minimum absolute atomic E-state index is 0.103. The maximum atomic E-state index is 12.2. The van der Waals surface area contributed by atoms with Crippen LogP contribution >= 0.6 is 11.6 Å². The predicted molar refractivity (Wildman–Crippen MR) is 75.6 cm³/mol. The average molecular weight is 349 g/mol. The van der Waals surface area contributed by atoms with Crippen LogP contribution in [0.1, 0.15) is 18.5 Å². The Morgan fingerprint density at radius 1 is 1.35 bits per heavy atom. The molecule has 1 aliphatic rings. The van der Waals surface area contributed by atoms with E-state index in [1.54, 1.807) is 24.3 Å². The van der Waals surface area contributed by atoms with Gasteiger partial charge in [0, 0.05) is 10.7 Å². The molecule has 2 rings (SSSR count). The smallest absolute Gasteiger partial charge is 0.422 e. The Kier molecular flexibility index (Phi) is 4.84. The van der Waals surface area contributed by atoms with Gasteiger partial charge in [-0.05, 0) is 18.6 Å². The Morgan fingerprint density at radius 3 is 2.61 bits per heavy atom. The molecule has 2 amide bonds. The summed E-state index contributed by atoms with van der Waals surface area (Å²) in [5, 5.41) is 5.05. The lowest BCUT2D eigenvalue weighted by atomic mass is 9.95. The van der Waals surface area contributed by atoms with Crippen LogP contribution < -0.4 is 10.6 Å². The highest BCUT2D eigenvalue weighted by atomic mass is 35.5. The molecule has 9 heteroatoms. The molecule has 1 heterocycles. The predicted octanol–water partition coefficient (Wildman–Crippen LogP) is 3.07. The number of hydrogen-bond donors (Lipinski definition) is 2. The number of hydrogen-bond acceptors (Lipinski definition) is 3. The van der Waals surface area contributed by atoms with Crippen molar-refractivity contribution in [2.45, 2.75) is 19.1 Å². The zero-order valence-electron chi connectivity index (χ0n) is 11.8. The molecule has 1 aromatic carbocycles. The second-order valence-corrected chi connectivity index (χ2v) is 5.19. The van der Waals surface area contributed by atoms with Crippen LogP contribution in [0.3, 0.4) is 0 Å². The summed E-state index contributed by atoms with van der Waals surface area (Å²) < 4.78 is 41.0. The van der Waals surface area contributed by atoms with E-state index in [0.717, 1.165) is 0 Å². The Balaban J connectivity index is 2.36. The van der Waals surface area contributed by atoms with Crippen LogP contribution in [0.4, 0.5) is 18.0 Å². The SMILES string of the molecule is CC1=C(C(=O)OCC(F)(F)F)[C@@H](c2ccccc2Cl)NC(=O)N1. The van der Waals surface area contributed by atoms with E-state index in [4.69, 9.17) is 11.6 Å². The van der Waals surface area contributed by atoms with E-state index in [1.807, 2.05) is 0 Å². The fourth-order valence-electron chi connectivity index (χ4n) is 2.13. The molecule has 23 heavy (non-hydrogen) atoms. The third-order valence-corrected chi connectivity index (χ3v) is 3.42. The number of amides is 2. The molecule has 0 aliphatic carbocycles. The van der Waals surface area contributed by atoms with E-state index in [2.05, 4.69) is 15.4 Å². The number of allylic oxidation sites excluding steroid dienone is 1. The van der Waals surface area contributed by atoms with Gasteiger partial charge < -0.3 is 15.4 Å². The molecule has 1 aliphatic heterocycles. The molecule has 124 valence electrons. The van der Waals surface area contributed by atoms with Gasteiger partial charge in [0.25, 0.3) is 0 Å². The monoisotopic (exact) mass is 348 g/mol. The topological polar surface area (TPSA) is 67.4 Å². The van der Waals surface area contributed by atoms with Crippen LogP contribution in [-0.2, 0) is 9.53 Å². The van der Waals surface area contributed by atoms with Gasteiger partial charge in [0.05, 0.1) is 11.6 Å². The van der Waals surface area contributed by atoms with E-state index in [1.165, 1.54) is 6.92 Å². The summed E-state index contributed by atoms with van der Waals surface area (Å²) in [6, 6.07) is 4.77. The number of benzene rings is 1. The number of halogens is 4. The van der Waals surface area contributed by atoms with Gasteiger partial charge in [-0.25, -0.2) is 9.59 Å². The van der Waals surface area contributed by atoms with Gasteiger partial charge in [0.15, 0.2) is 6.61 Å². The van der Waals surface area contributed by atoms with Crippen molar-refractivity contribution in [1.82, 2.24) is 10.6 Å². The summed E-state index contributed by atoms with van der Waals surface area (Å²) in [6.07, 6.45) is -4.64. The second kappa shape index (κ2) is 6.49. The Hall–Kier alpha value is -2.22. The molecule has 0 spiro atoms. The lowest BCUT2D eigenvalue weighted by Crippen LogP contribution is -2.45. The molecule has 0 saturated heterocycles. The van der Waals surface area contributed by atoms with E-state index in [0.29, 0.717) is 5.56 Å². The Labute approximate surface area is 134 Å². The molecule has 0 saturated carbocycles. The molecular formula is C14H12ClF3N2O3. The minimum atomic E-state index is -4.64. The number of alkyl halides is 3. The summed E-state index contributed by atoms with van der Waals surface area (Å²) in [5.74, 6) is -1.18. The fourth-order valence-corrected chi connectivity index (χ4v) is 2.38. The Bertz CT molecular complexity index is 673. The third-order valence-electron chi connectivity index (χ3n) is 3.07. The van der Waals surface area contributed by atoms with Crippen LogP contribution in [0.5, 0.6) is 0 Å². The molecule has 0 bridgehead atoms.